The molecule has 2 rings (SSSR count). The first-order chi connectivity index (χ1) is 10.2. The number of rotatable bonds is 7. The fourth-order valence-electron chi connectivity index (χ4n) is 1.91. The van der Waals surface area contributed by atoms with E-state index in [1.54, 1.807) is 7.11 Å². The van der Waals surface area contributed by atoms with Gasteiger partial charge in [-0.05, 0) is 30.3 Å². The van der Waals surface area contributed by atoms with Gasteiger partial charge >= 0.3 is 0 Å². The van der Waals surface area contributed by atoms with Gasteiger partial charge < -0.3 is 14.8 Å². The van der Waals surface area contributed by atoms with Crippen LogP contribution in [-0.4, -0.2) is 20.3 Å². The van der Waals surface area contributed by atoms with Crippen molar-refractivity contribution in [2.75, 3.05) is 20.3 Å². The third kappa shape index (κ3) is 4.92. The number of ether oxygens (including phenoxy) is 2. The first-order valence-corrected chi connectivity index (χ1v) is 7.78. The molecule has 0 spiro atoms. The molecule has 0 radical (unpaired) electrons. The lowest BCUT2D eigenvalue weighted by Gasteiger charge is -2.12. The molecule has 0 aliphatic carbocycles. The topological polar surface area (TPSA) is 30.5 Å². The zero-order valence-corrected chi connectivity index (χ0v) is 14.1. The maximum atomic E-state index is 6.18. The number of nitrogens with one attached hydrogen (secondary N) is 1. The molecular weight excluding hydrogens is 354 g/mol. The van der Waals surface area contributed by atoms with Crippen LogP contribution in [0.1, 0.15) is 5.56 Å². The average molecular weight is 371 g/mol. The molecule has 2 aromatic rings. The van der Waals surface area contributed by atoms with Crippen molar-refractivity contribution in [1.82, 2.24) is 5.32 Å². The van der Waals surface area contributed by atoms with Crippen LogP contribution < -0.4 is 14.8 Å². The zero-order chi connectivity index (χ0) is 15.1. The Hall–Kier alpha value is -1.23. The third-order valence-electron chi connectivity index (χ3n) is 2.94. The average Bonchev–Trinajstić information content (AvgIpc) is 2.48. The molecule has 1 N–H and O–H groups in total. The molecule has 0 bridgehead atoms. The lowest BCUT2D eigenvalue weighted by Crippen LogP contribution is -2.21. The molecule has 0 aromatic heterocycles. The minimum absolute atomic E-state index is 0.587. The summed E-state index contributed by atoms with van der Waals surface area (Å²) in [7, 11) is 1.64. The Kier molecular flexibility index (Phi) is 6.36. The highest BCUT2D eigenvalue weighted by Gasteiger charge is 2.06. The summed E-state index contributed by atoms with van der Waals surface area (Å²) in [6.45, 7) is 1.95. The highest BCUT2D eigenvalue weighted by atomic mass is 79.9. The number of benzene rings is 2. The Morgan fingerprint density at radius 2 is 2.00 bits per heavy atom. The van der Waals surface area contributed by atoms with E-state index >= 15 is 0 Å². The van der Waals surface area contributed by atoms with E-state index < -0.39 is 0 Å². The number of hydrogen-bond donors (Lipinski definition) is 1. The third-order valence-corrected chi connectivity index (χ3v) is 3.79. The number of methoxy groups -OCH3 is 1. The summed E-state index contributed by atoms with van der Waals surface area (Å²) in [4.78, 5) is 0. The van der Waals surface area contributed by atoms with Crippen molar-refractivity contribution < 1.29 is 9.47 Å². The molecule has 0 amide bonds. The van der Waals surface area contributed by atoms with Gasteiger partial charge in [-0.15, -0.1) is 0 Å². The van der Waals surface area contributed by atoms with E-state index in [1.807, 2.05) is 42.5 Å². The second-order valence-electron chi connectivity index (χ2n) is 4.40. The molecule has 5 heteroatoms. The molecule has 0 fully saturated rings. The largest absolute Gasteiger partial charge is 0.496 e. The van der Waals surface area contributed by atoms with Gasteiger partial charge in [0.2, 0.25) is 0 Å². The van der Waals surface area contributed by atoms with E-state index in [0.29, 0.717) is 18.2 Å². The summed E-state index contributed by atoms with van der Waals surface area (Å²) < 4.78 is 12.0. The molecule has 0 atom stereocenters. The first-order valence-electron chi connectivity index (χ1n) is 6.61. The quantitative estimate of drug-likeness (QED) is 0.738. The van der Waals surface area contributed by atoms with Gasteiger partial charge in [-0.3, -0.25) is 0 Å². The summed E-state index contributed by atoms with van der Waals surface area (Å²) >= 11 is 9.59. The highest BCUT2D eigenvalue weighted by Crippen LogP contribution is 2.25. The summed E-state index contributed by atoms with van der Waals surface area (Å²) in [5, 5.41) is 4.00. The molecule has 0 aliphatic heterocycles. The van der Waals surface area contributed by atoms with Crippen molar-refractivity contribution in [3.05, 3.63) is 57.5 Å². The van der Waals surface area contributed by atoms with Crippen molar-refractivity contribution in [3.8, 4) is 11.5 Å². The van der Waals surface area contributed by atoms with Gasteiger partial charge in [0.15, 0.2) is 0 Å². The monoisotopic (exact) mass is 369 g/mol. The molecule has 0 aliphatic rings. The predicted molar refractivity (Wildman–Crippen MR) is 89.3 cm³/mol. The summed E-state index contributed by atoms with van der Waals surface area (Å²) in [5.74, 6) is 1.64. The Morgan fingerprint density at radius 1 is 1.19 bits per heavy atom. The van der Waals surface area contributed by atoms with E-state index in [9.17, 15) is 0 Å². The maximum Gasteiger partial charge on any atom is 0.124 e. The fourth-order valence-corrected chi connectivity index (χ4v) is 2.52. The van der Waals surface area contributed by atoms with Crippen LogP contribution in [0, 0.1) is 0 Å². The van der Waals surface area contributed by atoms with E-state index in [0.717, 1.165) is 28.1 Å². The van der Waals surface area contributed by atoms with Crippen LogP contribution in [-0.2, 0) is 6.54 Å². The van der Waals surface area contributed by atoms with Crippen LogP contribution >= 0.6 is 27.5 Å². The number of hydrogen-bond acceptors (Lipinski definition) is 3. The first kappa shape index (κ1) is 16.1. The van der Waals surface area contributed by atoms with Crippen LogP contribution in [0.5, 0.6) is 11.5 Å². The van der Waals surface area contributed by atoms with Gasteiger partial charge in [0.1, 0.15) is 18.1 Å². The number of halogens is 2. The lowest BCUT2D eigenvalue weighted by molar-refractivity contribution is 0.313. The van der Waals surface area contributed by atoms with Crippen molar-refractivity contribution in [1.29, 1.82) is 0 Å². The second kappa shape index (κ2) is 8.27. The maximum absolute atomic E-state index is 6.18. The molecule has 3 nitrogen and oxygen atoms in total. The molecule has 0 saturated heterocycles. The van der Waals surface area contributed by atoms with Crippen LogP contribution in [0.3, 0.4) is 0 Å². The van der Waals surface area contributed by atoms with Gasteiger partial charge in [0.25, 0.3) is 0 Å². The van der Waals surface area contributed by atoms with Gasteiger partial charge in [0, 0.05) is 28.1 Å². The van der Waals surface area contributed by atoms with Gasteiger partial charge in [-0.1, -0.05) is 39.7 Å². The minimum atomic E-state index is 0.587. The molecule has 0 heterocycles. The van der Waals surface area contributed by atoms with Crippen molar-refractivity contribution in [3.63, 3.8) is 0 Å². The molecule has 21 heavy (non-hydrogen) atoms. The van der Waals surface area contributed by atoms with Gasteiger partial charge in [-0.2, -0.15) is 0 Å². The van der Waals surface area contributed by atoms with Crippen molar-refractivity contribution in [2.45, 2.75) is 6.54 Å². The van der Waals surface area contributed by atoms with E-state index in [4.69, 9.17) is 21.1 Å². The van der Waals surface area contributed by atoms with Crippen LogP contribution in [0.15, 0.2) is 46.9 Å². The minimum Gasteiger partial charge on any atom is -0.496 e. The second-order valence-corrected chi connectivity index (χ2v) is 5.73. The van der Waals surface area contributed by atoms with E-state index in [1.165, 1.54) is 0 Å². The summed E-state index contributed by atoms with van der Waals surface area (Å²) in [6, 6.07) is 13.4. The van der Waals surface area contributed by atoms with Gasteiger partial charge in [0.05, 0.1) is 7.11 Å². The summed E-state index contributed by atoms with van der Waals surface area (Å²) in [6.07, 6.45) is 0. The fraction of sp³-hybridized carbons (Fsp3) is 0.250. The van der Waals surface area contributed by atoms with Gasteiger partial charge in [-0.25, -0.2) is 0 Å². The Bertz CT molecular complexity index is 592. The highest BCUT2D eigenvalue weighted by molar-refractivity contribution is 9.10. The van der Waals surface area contributed by atoms with Crippen molar-refractivity contribution >= 4 is 27.5 Å². The molecule has 0 unspecified atom stereocenters. The molecular formula is C16H17BrClNO2. The van der Waals surface area contributed by atoms with E-state index in [2.05, 4.69) is 21.2 Å². The van der Waals surface area contributed by atoms with Crippen molar-refractivity contribution in [2.24, 2.45) is 0 Å². The normalized spacial score (nSPS) is 10.4. The summed E-state index contributed by atoms with van der Waals surface area (Å²) in [5.41, 5.74) is 0.962. The van der Waals surface area contributed by atoms with Crippen LogP contribution in [0.2, 0.25) is 5.02 Å². The Labute approximate surface area is 138 Å². The van der Waals surface area contributed by atoms with E-state index in [-0.39, 0.29) is 0 Å². The smallest absolute Gasteiger partial charge is 0.124 e. The molecule has 2 aromatic carbocycles. The zero-order valence-electron chi connectivity index (χ0n) is 11.7. The Morgan fingerprint density at radius 3 is 2.76 bits per heavy atom. The predicted octanol–water partition coefficient (Wildman–Crippen LogP) is 4.28. The standard InChI is InChI=1S/C16H17BrClNO2/c1-20-16-7-3-6-15(18)14(16)11-19-8-9-21-13-5-2-4-12(17)10-13/h2-7,10,19H,8-9,11H2,1H3. The molecule has 112 valence electrons. The SMILES string of the molecule is COc1cccc(Cl)c1CNCCOc1cccc(Br)c1. The Balaban J connectivity index is 1.78. The van der Waals surface area contributed by atoms with Crippen LogP contribution in [0.4, 0.5) is 0 Å². The molecule has 0 saturated carbocycles. The van der Waals surface area contributed by atoms with Crippen LogP contribution in [0.25, 0.3) is 0 Å². The lowest BCUT2D eigenvalue weighted by atomic mass is 10.2.